The molecule has 0 aliphatic heterocycles. The molecule has 9 aromatic rings. The third kappa shape index (κ3) is 4.07. The number of fused-ring (bicyclic) bond motifs is 6. The van der Waals surface area contributed by atoms with Gasteiger partial charge in [-0.3, -0.25) is 0 Å². The van der Waals surface area contributed by atoms with Crippen LogP contribution in [0.4, 0.5) is 0 Å². The average Bonchev–Trinajstić information content (AvgIpc) is 3.68. The van der Waals surface area contributed by atoms with E-state index >= 15 is 0 Å². The summed E-state index contributed by atoms with van der Waals surface area (Å²) >= 11 is 0. The molecule has 0 spiro atoms. The van der Waals surface area contributed by atoms with E-state index in [1.807, 2.05) is 48.5 Å². The van der Waals surface area contributed by atoms with E-state index < -0.39 is 0 Å². The van der Waals surface area contributed by atoms with Gasteiger partial charge < -0.3 is 9.13 Å². The summed E-state index contributed by atoms with van der Waals surface area (Å²) in [6.45, 7) is 0. The van der Waals surface area contributed by atoms with Crippen LogP contribution in [0.25, 0.3) is 77.2 Å². The Balaban J connectivity index is 1.31. The Morgan fingerprint density at radius 3 is 1.73 bits per heavy atom. The minimum atomic E-state index is 0.585. The van der Waals surface area contributed by atoms with Gasteiger partial charge in [0.1, 0.15) is 6.07 Å². The molecule has 0 aliphatic carbocycles. The Kier molecular flexibility index (Phi) is 6.22. The van der Waals surface area contributed by atoms with Gasteiger partial charge in [0.15, 0.2) is 0 Å². The van der Waals surface area contributed by atoms with Gasteiger partial charge in [-0.1, -0.05) is 103 Å². The number of nitrogens with zero attached hydrogens (tertiary/aromatic N) is 4. The zero-order valence-electron chi connectivity index (χ0n) is 25.8. The van der Waals surface area contributed by atoms with Gasteiger partial charge in [0.2, 0.25) is 0 Å². The minimum Gasteiger partial charge on any atom is -0.309 e. The summed E-state index contributed by atoms with van der Waals surface area (Å²) in [7, 11) is 0. The van der Waals surface area contributed by atoms with Crippen molar-refractivity contribution in [1.29, 1.82) is 10.5 Å². The lowest BCUT2D eigenvalue weighted by molar-refractivity contribution is 1.18. The van der Waals surface area contributed by atoms with Crippen LogP contribution < -0.4 is 0 Å². The van der Waals surface area contributed by atoms with Gasteiger partial charge in [0.25, 0.3) is 0 Å². The summed E-state index contributed by atoms with van der Waals surface area (Å²) in [5.74, 6) is 0. The molecule has 0 radical (unpaired) electrons. The second kappa shape index (κ2) is 10.9. The fraction of sp³-hybridized carbons (Fsp3) is 0. The second-order valence-corrected chi connectivity index (χ2v) is 12.0. The summed E-state index contributed by atoms with van der Waals surface area (Å²) in [5.41, 5.74) is 11.4. The molecule has 0 unspecified atom stereocenters. The molecule has 222 valence electrons. The average molecular weight is 611 g/mol. The second-order valence-electron chi connectivity index (χ2n) is 12.0. The van der Waals surface area contributed by atoms with E-state index in [1.165, 1.54) is 10.8 Å². The number of para-hydroxylation sites is 5. The van der Waals surface area contributed by atoms with Crippen molar-refractivity contribution < 1.29 is 0 Å². The van der Waals surface area contributed by atoms with Crippen molar-refractivity contribution in [2.24, 2.45) is 0 Å². The van der Waals surface area contributed by atoms with E-state index in [-0.39, 0.29) is 0 Å². The summed E-state index contributed by atoms with van der Waals surface area (Å²) < 4.78 is 4.53. The molecule has 4 heteroatoms. The topological polar surface area (TPSA) is 57.4 Å². The highest BCUT2D eigenvalue weighted by atomic mass is 15.0. The van der Waals surface area contributed by atoms with E-state index in [2.05, 4.69) is 130 Å². The molecular formula is C44H26N4. The monoisotopic (exact) mass is 610 g/mol. The third-order valence-corrected chi connectivity index (χ3v) is 9.39. The standard InChI is InChI=1S/C44H26N4/c45-27-29-23-24-33(30-11-9-13-32(26-30)47-40-19-5-1-14-34(40)35-15-2-6-20-41(35)47)39(25-29)37-17-4-8-22-43(37)48-42-21-7-3-16-36(42)38-18-10-12-31(28-46)44(38)48/h1-26H. The molecule has 0 saturated carbocycles. The molecule has 0 fully saturated rings. The first-order chi connectivity index (χ1) is 23.7. The molecule has 0 bridgehead atoms. The highest BCUT2D eigenvalue weighted by Crippen LogP contribution is 2.41. The van der Waals surface area contributed by atoms with Crippen LogP contribution in [0, 0.1) is 22.7 Å². The molecule has 0 N–H and O–H groups in total. The molecule has 4 nitrogen and oxygen atoms in total. The molecule has 2 aromatic heterocycles. The normalized spacial score (nSPS) is 11.3. The quantitative estimate of drug-likeness (QED) is 0.199. The van der Waals surface area contributed by atoms with Gasteiger partial charge in [-0.05, 0) is 71.3 Å². The highest BCUT2D eigenvalue weighted by Gasteiger charge is 2.20. The number of nitriles is 2. The van der Waals surface area contributed by atoms with Crippen molar-refractivity contribution in [2.45, 2.75) is 0 Å². The van der Waals surface area contributed by atoms with Crippen LogP contribution in [0.15, 0.2) is 158 Å². The lowest BCUT2D eigenvalue weighted by Gasteiger charge is -2.18. The van der Waals surface area contributed by atoms with Gasteiger partial charge in [0.05, 0.1) is 45.0 Å². The lowest BCUT2D eigenvalue weighted by Crippen LogP contribution is -2.00. The Morgan fingerprint density at radius 1 is 0.417 bits per heavy atom. The van der Waals surface area contributed by atoms with Gasteiger partial charge in [0, 0.05) is 32.8 Å². The number of aromatic nitrogens is 2. The first-order valence-corrected chi connectivity index (χ1v) is 15.9. The first-order valence-electron chi connectivity index (χ1n) is 15.9. The Bertz CT molecular complexity index is 2760. The van der Waals surface area contributed by atoms with Crippen LogP contribution in [0.2, 0.25) is 0 Å². The predicted octanol–water partition coefficient (Wildman–Crippen LogP) is 11.0. The molecular weight excluding hydrogens is 585 g/mol. The van der Waals surface area contributed by atoms with Crippen LogP contribution in [0.3, 0.4) is 0 Å². The maximum absolute atomic E-state index is 10.2. The van der Waals surface area contributed by atoms with Crippen LogP contribution in [0.5, 0.6) is 0 Å². The van der Waals surface area contributed by atoms with Crippen LogP contribution >= 0.6 is 0 Å². The van der Waals surface area contributed by atoms with Crippen molar-refractivity contribution in [1.82, 2.24) is 9.13 Å². The zero-order chi connectivity index (χ0) is 32.2. The fourth-order valence-corrected chi connectivity index (χ4v) is 7.36. The smallest absolute Gasteiger partial charge is 0.101 e. The number of benzene rings is 7. The SMILES string of the molecule is N#Cc1ccc(-c2cccc(-n3c4ccccc4c4ccccc43)c2)c(-c2ccccc2-n2c3ccccc3c3cccc(C#N)c32)c1. The van der Waals surface area contributed by atoms with Crippen LogP contribution in [0.1, 0.15) is 11.1 Å². The van der Waals surface area contributed by atoms with E-state index in [4.69, 9.17) is 0 Å². The number of rotatable bonds is 4. The van der Waals surface area contributed by atoms with Crippen molar-refractivity contribution >= 4 is 43.6 Å². The van der Waals surface area contributed by atoms with Gasteiger partial charge >= 0.3 is 0 Å². The van der Waals surface area contributed by atoms with Crippen molar-refractivity contribution in [2.75, 3.05) is 0 Å². The van der Waals surface area contributed by atoms with Crippen molar-refractivity contribution in [3.63, 3.8) is 0 Å². The van der Waals surface area contributed by atoms with Crippen molar-refractivity contribution in [3.8, 4) is 45.8 Å². The van der Waals surface area contributed by atoms with Gasteiger partial charge in [-0.25, -0.2) is 0 Å². The predicted molar refractivity (Wildman–Crippen MR) is 195 cm³/mol. The molecule has 2 heterocycles. The highest BCUT2D eigenvalue weighted by molar-refractivity contribution is 6.12. The Morgan fingerprint density at radius 2 is 1.02 bits per heavy atom. The molecule has 0 amide bonds. The molecule has 48 heavy (non-hydrogen) atoms. The summed E-state index contributed by atoms with van der Waals surface area (Å²) in [6.07, 6.45) is 0. The summed E-state index contributed by atoms with van der Waals surface area (Å²) in [6, 6.07) is 58.9. The maximum Gasteiger partial charge on any atom is 0.101 e. The van der Waals surface area contributed by atoms with Crippen LogP contribution in [-0.4, -0.2) is 9.13 Å². The molecule has 0 atom stereocenters. The maximum atomic E-state index is 10.2. The molecule has 0 aliphatic rings. The largest absolute Gasteiger partial charge is 0.309 e. The van der Waals surface area contributed by atoms with E-state index in [0.29, 0.717) is 11.1 Å². The fourth-order valence-electron chi connectivity index (χ4n) is 7.36. The molecule has 7 aromatic carbocycles. The molecule has 9 rings (SSSR count). The summed E-state index contributed by atoms with van der Waals surface area (Å²) in [5, 5.41) is 24.8. The summed E-state index contributed by atoms with van der Waals surface area (Å²) in [4.78, 5) is 0. The number of hydrogen-bond donors (Lipinski definition) is 0. The van der Waals surface area contributed by atoms with Crippen molar-refractivity contribution in [3.05, 3.63) is 169 Å². The Labute approximate surface area is 277 Å². The number of hydrogen-bond acceptors (Lipinski definition) is 2. The third-order valence-electron chi connectivity index (χ3n) is 9.39. The first kappa shape index (κ1) is 27.4. The van der Waals surface area contributed by atoms with Gasteiger partial charge in [-0.2, -0.15) is 10.5 Å². The van der Waals surface area contributed by atoms with E-state index in [0.717, 1.165) is 66.5 Å². The Hall–Kier alpha value is -6.88. The van der Waals surface area contributed by atoms with Gasteiger partial charge in [-0.15, -0.1) is 0 Å². The van der Waals surface area contributed by atoms with E-state index in [9.17, 15) is 10.5 Å². The minimum absolute atomic E-state index is 0.585. The van der Waals surface area contributed by atoms with E-state index in [1.54, 1.807) is 0 Å². The van der Waals surface area contributed by atoms with Crippen LogP contribution in [-0.2, 0) is 0 Å². The zero-order valence-corrected chi connectivity index (χ0v) is 25.8. The molecule has 0 saturated heterocycles. The lowest BCUT2D eigenvalue weighted by atomic mass is 9.91.